The molecule has 7 nitrogen and oxygen atoms in total. The Morgan fingerprint density at radius 2 is 1.81 bits per heavy atom. The lowest BCUT2D eigenvalue weighted by atomic mass is 10.0. The molecule has 2 N–H and O–H groups in total. The Labute approximate surface area is 182 Å². The smallest absolute Gasteiger partial charge is 0.246 e. The molecule has 31 heavy (non-hydrogen) atoms. The first-order valence-corrected chi connectivity index (χ1v) is 9.89. The molecule has 1 aromatic heterocycles. The summed E-state index contributed by atoms with van der Waals surface area (Å²) in [6.45, 7) is 1.94. The molecule has 0 saturated carbocycles. The number of methoxy groups -OCH3 is 1. The first-order chi connectivity index (χ1) is 15.0. The van der Waals surface area contributed by atoms with Crippen LogP contribution in [-0.4, -0.2) is 42.4 Å². The minimum atomic E-state index is -0.663. The summed E-state index contributed by atoms with van der Waals surface area (Å²) in [6, 6.07) is 19.5. The maximum atomic E-state index is 13.2. The van der Waals surface area contributed by atoms with Gasteiger partial charge in [0.05, 0.1) is 13.7 Å². The van der Waals surface area contributed by atoms with E-state index in [0.29, 0.717) is 17.3 Å². The van der Waals surface area contributed by atoms with Gasteiger partial charge in [-0.25, -0.2) is 4.98 Å². The SMILES string of the molecule is COc1cccc(NC(=O)C(c2ccccc2)N(C)CC(=O)Nc2cc(C)ccn2)c1. The van der Waals surface area contributed by atoms with Gasteiger partial charge in [-0.15, -0.1) is 0 Å². The van der Waals surface area contributed by atoms with E-state index in [-0.39, 0.29) is 18.4 Å². The van der Waals surface area contributed by atoms with Gasteiger partial charge in [0.1, 0.15) is 17.6 Å². The maximum absolute atomic E-state index is 13.2. The van der Waals surface area contributed by atoms with E-state index in [1.165, 1.54) is 0 Å². The summed E-state index contributed by atoms with van der Waals surface area (Å²) in [5.41, 5.74) is 2.40. The number of likely N-dealkylation sites (N-methyl/N-ethyl adjacent to an activating group) is 1. The highest BCUT2D eigenvalue weighted by Gasteiger charge is 2.27. The molecule has 1 unspecified atom stereocenters. The Balaban J connectivity index is 1.76. The van der Waals surface area contributed by atoms with Crippen molar-refractivity contribution in [3.63, 3.8) is 0 Å². The zero-order valence-electron chi connectivity index (χ0n) is 17.8. The van der Waals surface area contributed by atoms with Crippen LogP contribution in [0.5, 0.6) is 5.75 Å². The van der Waals surface area contributed by atoms with Crippen molar-refractivity contribution in [1.29, 1.82) is 0 Å². The van der Waals surface area contributed by atoms with Crippen molar-refractivity contribution < 1.29 is 14.3 Å². The molecule has 3 aromatic rings. The third kappa shape index (κ3) is 6.13. The highest BCUT2D eigenvalue weighted by molar-refractivity contribution is 5.97. The number of aryl methyl sites for hydroxylation is 1. The third-order valence-electron chi connectivity index (χ3n) is 4.72. The van der Waals surface area contributed by atoms with Crippen LogP contribution in [0, 0.1) is 6.92 Å². The van der Waals surface area contributed by atoms with Crippen LogP contribution in [0.4, 0.5) is 11.5 Å². The Hall–Kier alpha value is -3.71. The van der Waals surface area contributed by atoms with E-state index >= 15 is 0 Å². The van der Waals surface area contributed by atoms with E-state index in [0.717, 1.165) is 11.1 Å². The molecule has 0 fully saturated rings. The van der Waals surface area contributed by atoms with Crippen LogP contribution < -0.4 is 15.4 Å². The predicted octanol–water partition coefficient (Wildman–Crippen LogP) is 3.65. The molecular formula is C24H26N4O3. The number of anilines is 2. The van der Waals surface area contributed by atoms with Gasteiger partial charge in [-0.05, 0) is 49.4 Å². The highest BCUT2D eigenvalue weighted by atomic mass is 16.5. The normalized spacial score (nSPS) is 11.6. The number of carbonyl (C=O) groups excluding carboxylic acids is 2. The molecule has 0 radical (unpaired) electrons. The Morgan fingerprint density at radius 3 is 2.52 bits per heavy atom. The van der Waals surface area contributed by atoms with Gasteiger partial charge >= 0.3 is 0 Å². The number of hydrogen-bond donors (Lipinski definition) is 2. The molecule has 3 rings (SSSR count). The van der Waals surface area contributed by atoms with E-state index in [1.807, 2.05) is 43.3 Å². The lowest BCUT2D eigenvalue weighted by Gasteiger charge is -2.27. The number of ether oxygens (including phenoxy) is 1. The zero-order valence-corrected chi connectivity index (χ0v) is 17.8. The average molecular weight is 418 g/mol. The third-order valence-corrected chi connectivity index (χ3v) is 4.72. The molecule has 0 bridgehead atoms. The molecular weight excluding hydrogens is 392 g/mol. The molecule has 0 spiro atoms. The molecule has 0 aliphatic rings. The maximum Gasteiger partial charge on any atom is 0.246 e. The van der Waals surface area contributed by atoms with Crippen molar-refractivity contribution in [2.45, 2.75) is 13.0 Å². The van der Waals surface area contributed by atoms with Crippen LogP contribution in [0.3, 0.4) is 0 Å². The van der Waals surface area contributed by atoms with Gasteiger partial charge in [0, 0.05) is 18.0 Å². The van der Waals surface area contributed by atoms with Crippen LogP contribution in [0.25, 0.3) is 0 Å². The van der Waals surface area contributed by atoms with Gasteiger partial charge in [-0.2, -0.15) is 0 Å². The predicted molar refractivity (Wildman–Crippen MR) is 121 cm³/mol. The van der Waals surface area contributed by atoms with Crippen molar-refractivity contribution in [2.24, 2.45) is 0 Å². The molecule has 0 saturated heterocycles. The summed E-state index contributed by atoms with van der Waals surface area (Å²) in [4.78, 5) is 31.7. The largest absolute Gasteiger partial charge is 0.497 e. The van der Waals surface area contributed by atoms with Crippen LogP contribution in [0.1, 0.15) is 17.2 Å². The first-order valence-electron chi connectivity index (χ1n) is 9.89. The molecule has 2 amide bonds. The standard InChI is InChI=1S/C24H26N4O3/c1-17-12-13-25-21(14-17)27-22(29)16-28(2)23(18-8-5-4-6-9-18)24(30)26-19-10-7-11-20(15-19)31-3/h4-15,23H,16H2,1-3H3,(H,26,30)(H,25,27,29). The van der Waals surface area contributed by atoms with Gasteiger partial charge in [0.15, 0.2) is 0 Å². The van der Waals surface area contributed by atoms with Crippen molar-refractivity contribution in [3.05, 3.63) is 84.1 Å². The van der Waals surface area contributed by atoms with Crippen LogP contribution in [0.15, 0.2) is 72.9 Å². The number of benzene rings is 2. The number of nitrogens with one attached hydrogen (secondary N) is 2. The van der Waals surface area contributed by atoms with Crippen molar-refractivity contribution >= 4 is 23.3 Å². The quantitative estimate of drug-likeness (QED) is 0.583. The van der Waals surface area contributed by atoms with Gasteiger partial charge in [0.2, 0.25) is 11.8 Å². The molecule has 2 aromatic carbocycles. The number of aromatic nitrogens is 1. The fourth-order valence-electron chi connectivity index (χ4n) is 3.26. The second-order valence-corrected chi connectivity index (χ2v) is 7.22. The minimum absolute atomic E-state index is 0.0146. The Kier molecular flexibility index (Phi) is 7.35. The van der Waals surface area contributed by atoms with E-state index in [2.05, 4.69) is 15.6 Å². The Morgan fingerprint density at radius 1 is 1.03 bits per heavy atom. The molecule has 1 heterocycles. The van der Waals surface area contributed by atoms with Gasteiger partial charge in [0.25, 0.3) is 0 Å². The average Bonchev–Trinajstić information content (AvgIpc) is 2.74. The fourth-order valence-corrected chi connectivity index (χ4v) is 3.26. The number of pyridine rings is 1. The summed E-state index contributed by atoms with van der Waals surface area (Å²) in [7, 11) is 3.31. The Bertz CT molecular complexity index is 1040. The number of carbonyl (C=O) groups is 2. The van der Waals surface area contributed by atoms with Crippen molar-refractivity contribution in [1.82, 2.24) is 9.88 Å². The van der Waals surface area contributed by atoms with E-state index in [4.69, 9.17) is 4.74 Å². The molecule has 0 aliphatic carbocycles. The summed E-state index contributed by atoms with van der Waals surface area (Å²) < 4.78 is 5.23. The lowest BCUT2D eigenvalue weighted by molar-refractivity contribution is -0.123. The molecule has 160 valence electrons. The van der Waals surface area contributed by atoms with E-state index < -0.39 is 6.04 Å². The molecule has 0 aliphatic heterocycles. The van der Waals surface area contributed by atoms with Gasteiger partial charge < -0.3 is 15.4 Å². The zero-order chi connectivity index (χ0) is 22.2. The molecule has 7 heteroatoms. The van der Waals surface area contributed by atoms with Crippen molar-refractivity contribution in [2.75, 3.05) is 31.3 Å². The summed E-state index contributed by atoms with van der Waals surface area (Å²) in [5, 5.41) is 5.71. The van der Waals surface area contributed by atoms with Crippen LogP contribution >= 0.6 is 0 Å². The van der Waals surface area contributed by atoms with E-state index in [9.17, 15) is 9.59 Å². The van der Waals surface area contributed by atoms with Gasteiger partial charge in [-0.3, -0.25) is 14.5 Å². The second kappa shape index (κ2) is 10.4. The first kappa shape index (κ1) is 22.0. The summed E-state index contributed by atoms with van der Waals surface area (Å²) in [5.74, 6) is 0.627. The number of hydrogen-bond acceptors (Lipinski definition) is 5. The minimum Gasteiger partial charge on any atom is -0.497 e. The van der Waals surface area contributed by atoms with E-state index in [1.54, 1.807) is 55.6 Å². The van der Waals surface area contributed by atoms with Crippen LogP contribution in [-0.2, 0) is 9.59 Å². The second-order valence-electron chi connectivity index (χ2n) is 7.22. The highest BCUT2D eigenvalue weighted by Crippen LogP contribution is 2.23. The topological polar surface area (TPSA) is 83.6 Å². The monoisotopic (exact) mass is 418 g/mol. The summed E-state index contributed by atoms with van der Waals surface area (Å²) >= 11 is 0. The fraction of sp³-hybridized carbons (Fsp3) is 0.208. The van der Waals surface area contributed by atoms with Gasteiger partial charge in [-0.1, -0.05) is 36.4 Å². The number of amides is 2. The van der Waals surface area contributed by atoms with Crippen LogP contribution in [0.2, 0.25) is 0 Å². The molecule has 1 atom stereocenters. The number of rotatable bonds is 8. The lowest BCUT2D eigenvalue weighted by Crippen LogP contribution is -2.39. The number of nitrogens with zero attached hydrogens (tertiary/aromatic N) is 2. The van der Waals surface area contributed by atoms with Crippen molar-refractivity contribution in [3.8, 4) is 5.75 Å². The summed E-state index contributed by atoms with van der Waals surface area (Å²) in [6.07, 6.45) is 1.64.